The fourth-order valence-electron chi connectivity index (χ4n) is 2.49. The molecule has 1 aliphatic rings. The molecular weight excluding hydrogens is 188 g/mol. The molecule has 1 aromatic heterocycles. The second-order valence-corrected chi connectivity index (χ2v) is 4.19. The molecule has 0 aromatic carbocycles. The van der Waals surface area contributed by atoms with Crippen molar-refractivity contribution in [2.24, 2.45) is 0 Å². The summed E-state index contributed by atoms with van der Waals surface area (Å²) in [6.07, 6.45) is 6.67. The Hall–Kier alpha value is -1.09. The third-order valence-electron chi connectivity index (χ3n) is 3.31. The van der Waals surface area contributed by atoms with E-state index < -0.39 is 0 Å². The van der Waals surface area contributed by atoms with Crippen LogP contribution in [-0.4, -0.2) is 17.7 Å². The van der Waals surface area contributed by atoms with Crippen molar-refractivity contribution in [1.29, 1.82) is 0 Å². The second-order valence-electron chi connectivity index (χ2n) is 4.19. The minimum absolute atomic E-state index is 0.115. The van der Waals surface area contributed by atoms with Crippen LogP contribution in [0.5, 0.6) is 0 Å². The Kier molecular flexibility index (Phi) is 3.21. The van der Waals surface area contributed by atoms with Crippen LogP contribution in [0.4, 0.5) is 0 Å². The summed E-state index contributed by atoms with van der Waals surface area (Å²) >= 11 is 0. The lowest BCUT2D eigenvalue weighted by atomic mass is 9.90. The molecule has 1 saturated carbocycles. The van der Waals surface area contributed by atoms with E-state index in [2.05, 4.69) is 5.32 Å². The maximum atomic E-state index is 11.7. The smallest absolute Gasteiger partial charge is 0.250 e. The van der Waals surface area contributed by atoms with Gasteiger partial charge in [0.2, 0.25) is 0 Å². The SMILES string of the molecule is CNC1CCCCC1n1ccccc1=O. The van der Waals surface area contributed by atoms with Gasteiger partial charge in [0, 0.05) is 18.3 Å². The van der Waals surface area contributed by atoms with E-state index in [0.29, 0.717) is 12.1 Å². The maximum Gasteiger partial charge on any atom is 0.250 e. The Morgan fingerprint density at radius 3 is 2.87 bits per heavy atom. The first-order chi connectivity index (χ1) is 7.33. The van der Waals surface area contributed by atoms with E-state index in [1.165, 1.54) is 19.3 Å². The zero-order chi connectivity index (χ0) is 10.7. The topological polar surface area (TPSA) is 34.0 Å². The van der Waals surface area contributed by atoms with Crippen LogP contribution in [0.2, 0.25) is 0 Å². The number of nitrogens with one attached hydrogen (secondary N) is 1. The first-order valence-electron chi connectivity index (χ1n) is 5.67. The number of nitrogens with zero attached hydrogens (tertiary/aromatic N) is 1. The fourth-order valence-corrected chi connectivity index (χ4v) is 2.49. The van der Waals surface area contributed by atoms with Crippen LogP contribution >= 0.6 is 0 Å². The van der Waals surface area contributed by atoms with Gasteiger partial charge in [-0.3, -0.25) is 4.79 Å². The molecule has 82 valence electrons. The molecule has 3 heteroatoms. The summed E-state index contributed by atoms with van der Waals surface area (Å²) in [7, 11) is 1.98. The van der Waals surface area contributed by atoms with Gasteiger partial charge in [0.25, 0.3) is 5.56 Å². The molecular formula is C12H18N2O. The van der Waals surface area contributed by atoms with Crippen molar-refractivity contribution in [3.63, 3.8) is 0 Å². The average molecular weight is 206 g/mol. The van der Waals surface area contributed by atoms with Gasteiger partial charge in [-0.15, -0.1) is 0 Å². The van der Waals surface area contributed by atoms with Crippen molar-refractivity contribution in [1.82, 2.24) is 9.88 Å². The van der Waals surface area contributed by atoms with Crippen LogP contribution in [0.3, 0.4) is 0 Å². The van der Waals surface area contributed by atoms with Gasteiger partial charge in [-0.25, -0.2) is 0 Å². The Balaban J connectivity index is 2.28. The fraction of sp³-hybridized carbons (Fsp3) is 0.583. The monoisotopic (exact) mass is 206 g/mol. The predicted octanol–water partition coefficient (Wildman–Crippen LogP) is 1.55. The number of hydrogen-bond acceptors (Lipinski definition) is 2. The molecule has 2 atom stereocenters. The zero-order valence-corrected chi connectivity index (χ0v) is 9.15. The Morgan fingerprint density at radius 2 is 2.13 bits per heavy atom. The van der Waals surface area contributed by atoms with Crippen LogP contribution in [-0.2, 0) is 0 Å². The summed E-state index contributed by atoms with van der Waals surface area (Å²) in [4.78, 5) is 11.7. The Morgan fingerprint density at radius 1 is 1.33 bits per heavy atom. The minimum Gasteiger partial charge on any atom is -0.315 e. The van der Waals surface area contributed by atoms with Crippen LogP contribution in [0.1, 0.15) is 31.7 Å². The van der Waals surface area contributed by atoms with Gasteiger partial charge in [0.1, 0.15) is 0 Å². The van der Waals surface area contributed by atoms with Gasteiger partial charge in [0.15, 0.2) is 0 Å². The standard InChI is InChI=1S/C12H18N2O/c1-13-10-6-2-3-7-11(10)14-9-5-4-8-12(14)15/h4-5,8-11,13H,2-3,6-7H2,1H3. The molecule has 3 nitrogen and oxygen atoms in total. The maximum absolute atomic E-state index is 11.7. The highest BCUT2D eigenvalue weighted by atomic mass is 16.1. The summed E-state index contributed by atoms with van der Waals surface area (Å²) in [5.41, 5.74) is 0.115. The molecule has 1 fully saturated rings. The van der Waals surface area contributed by atoms with E-state index in [-0.39, 0.29) is 5.56 Å². The average Bonchev–Trinajstić information content (AvgIpc) is 2.30. The number of rotatable bonds is 2. The molecule has 0 bridgehead atoms. The van der Waals surface area contributed by atoms with Gasteiger partial charge in [-0.1, -0.05) is 18.9 Å². The first-order valence-corrected chi connectivity index (χ1v) is 5.67. The molecule has 0 amide bonds. The van der Waals surface area contributed by atoms with Crippen molar-refractivity contribution < 1.29 is 0 Å². The molecule has 0 saturated heterocycles. The lowest BCUT2D eigenvalue weighted by Crippen LogP contribution is -2.41. The van der Waals surface area contributed by atoms with Crippen molar-refractivity contribution in [2.45, 2.75) is 37.8 Å². The van der Waals surface area contributed by atoms with Crippen LogP contribution < -0.4 is 10.9 Å². The van der Waals surface area contributed by atoms with Gasteiger partial charge >= 0.3 is 0 Å². The van der Waals surface area contributed by atoms with E-state index in [1.54, 1.807) is 12.1 Å². The van der Waals surface area contributed by atoms with E-state index in [1.807, 2.05) is 23.9 Å². The van der Waals surface area contributed by atoms with Crippen LogP contribution in [0.15, 0.2) is 29.2 Å². The van der Waals surface area contributed by atoms with Gasteiger partial charge in [-0.2, -0.15) is 0 Å². The molecule has 1 aromatic rings. The minimum atomic E-state index is 0.115. The zero-order valence-electron chi connectivity index (χ0n) is 9.15. The largest absolute Gasteiger partial charge is 0.315 e. The molecule has 0 radical (unpaired) electrons. The molecule has 15 heavy (non-hydrogen) atoms. The summed E-state index contributed by atoms with van der Waals surface area (Å²) in [6.45, 7) is 0. The first kappa shape index (κ1) is 10.4. The molecule has 1 N–H and O–H groups in total. The van der Waals surface area contributed by atoms with Crippen molar-refractivity contribution >= 4 is 0 Å². The summed E-state index contributed by atoms with van der Waals surface area (Å²) in [5, 5.41) is 3.32. The highest BCUT2D eigenvalue weighted by Crippen LogP contribution is 2.27. The summed E-state index contributed by atoms with van der Waals surface area (Å²) in [5.74, 6) is 0. The molecule has 1 heterocycles. The lowest BCUT2D eigenvalue weighted by molar-refractivity contribution is 0.269. The van der Waals surface area contributed by atoms with E-state index >= 15 is 0 Å². The summed E-state index contributed by atoms with van der Waals surface area (Å²) < 4.78 is 1.88. The molecule has 2 unspecified atom stereocenters. The van der Waals surface area contributed by atoms with E-state index in [4.69, 9.17) is 0 Å². The number of pyridine rings is 1. The Labute approximate surface area is 90.1 Å². The summed E-state index contributed by atoms with van der Waals surface area (Å²) in [6, 6.07) is 6.15. The number of hydrogen-bond donors (Lipinski definition) is 1. The normalized spacial score (nSPS) is 26.5. The number of aromatic nitrogens is 1. The Bertz CT molecular complexity index is 372. The van der Waals surface area contributed by atoms with E-state index in [0.717, 1.165) is 6.42 Å². The second kappa shape index (κ2) is 4.62. The lowest BCUT2D eigenvalue weighted by Gasteiger charge is -2.32. The van der Waals surface area contributed by atoms with Crippen LogP contribution in [0.25, 0.3) is 0 Å². The molecule has 1 aliphatic carbocycles. The van der Waals surface area contributed by atoms with Crippen LogP contribution in [0, 0.1) is 0 Å². The van der Waals surface area contributed by atoms with Crippen molar-refractivity contribution in [2.75, 3.05) is 7.05 Å². The highest BCUT2D eigenvalue weighted by Gasteiger charge is 2.25. The van der Waals surface area contributed by atoms with Gasteiger partial charge in [0.05, 0.1) is 6.04 Å². The van der Waals surface area contributed by atoms with Gasteiger partial charge in [-0.05, 0) is 26.0 Å². The highest BCUT2D eigenvalue weighted by molar-refractivity contribution is 4.98. The molecule has 0 aliphatic heterocycles. The third kappa shape index (κ3) is 2.12. The number of likely N-dealkylation sites (N-methyl/N-ethyl adjacent to an activating group) is 1. The molecule has 2 rings (SSSR count). The quantitative estimate of drug-likeness (QED) is 0.796. The van der Waals surface area contributed by atoms with Crippen molar-refractivity contribution in [3.05, 3.63) is 34.7 Å². The van der Waals surface area contributed by atoms with E-state index in [9.17, 15) is 4.79 Å². The third-order valence-corrected chi connectivity index (χ3v) is 3.31. The van der Waals surface area contributed by atoms with Crippen molar-refractivity contribution in [3.8, 4) is 0 Å². The predicted molar refractivity (Wildman–Crippen MR) is 61.1 cm³/mol. The molecule has 0 spiro atoms. The van der Waals surface area contributed by atoms with Gasteiger partial charge < -0.3 is 9.88 Å².